The molecule has 0 radical (unpaired) electrons. The minimum atomic E-state index is 0.834. The van der Waals surface area contributed by atoms with E-state index in [9.17, 15) is 0 Å². The van der Waals surface area contributed by atoms with Gasteiger partial charge in [0.05, 0.1) is 13.7 Å². The molecular weight excluding hydrogens is 320 g/mol. The first-order valence-electron chi connectivity index (χ1n) is 8.17. The van der Waals surface area contributed by atoms with E-state index in [2.05, 4.69) is 49.8 Å². The Morgan fingerprint density at radius 2 is 2.04 bits per heavy atom. The monoisotopic (exact) mass is 344 g/mol. The molecule has 0 saturated carbocycles. The van der Waals surface area contributed by atoms with Gasteiger partial charge in [-0.3, -0.25) is 4.99 Å². The lowest BCUT2D eigenvalue weighted by atomic mass is 10.2. The van der Waals surface area contributed by atoms with Gasteiger partial charge in [0.15, 0.2) is 5.96 Å². The van der Waals surface area contributed by atoms with Gasteiger partial charge in [-0.15, -0.1) is 11.3 Å². The standard InChI is InChI=1S/C18H24N4OS/c1-19-18(20-14-17-7-4-12-24-17)22-10-8-21(9-11-22)15-5-3-6-16(13-15)23-2/h3-7,12-13H,8-11,14H2,1-2H3,(H,19,20). The summed E-state index contributed by atoms with van der Waals surface area (Å²) in [5.41, 5.74) is 1.22. The lowest BCUT2D eigenvalue weighted by molar-refractivity contribution is 0.372. The Kier molecular flexibility index (Phi) is 5.59. The number of thiophene rings is 1. The summed E-state index contributed by atoms with van der Waals surface area (Å²) in [7, 11) is 3.56. The number of benzene rings is 1. The van der Waals surface area contributed by atoms with Crippen LogP contribution in [0.2, 0.25) is 0 Å². The fraction of sp³-hybridized carbons (Fsp3) is 0.389. The van der Waals surface area contributed by atoms with Gasteiger partial charge in [0.1, 0.15) is 5.75 Å². The molecule has 6 heteroatoms. The van der Waals surface area contributed by atoms with Crippen LogP contribution in [0.4, 0.5) is 5.69 Å². The van der Waals surface area contributed by atoms with Crippen molar-refractivity contribution in [1.82, 2.24) is 10.2 Å². The van der Waals surface area contributed by atoms with Gasteiger partial charge in [0, 0.05) is 49.9 Å². The van der Waals surface area contributed by atoms with Crippen molar-refractivity contribution in [1.29, 1.82) is 0 Å². The average molecular weight is 344 g/mol. The van der Waals surface area contributed by atoms with Gasteiger partial charge in [0.2, 0.25) is 0 Å². The van der Waals surface area contributed by atoms with Gasteiger partial charge in [-0.2, -0.15) is 0 Å². The Morgan fingerprint density at radius 1 is 1.21 bits per heavy atom. The van der Waals surface area contributed by atoms with Gasteiger partial charge in [-0.25, -0.2) is 0 Å². The van der Waals surface area contributed by atoms with Crippen molar-refractivity contribution in [2.24, 2.45) is 4.99 Å². The SMILES string of the molecule is CN=C(NCc1cccs1)N1CCN(c2cccc(OC)c2)CC1. The van der Waals surface area contributed by atoms with E-state index in [-0.39, 0.29) is 0 Å². The summed E-state index contributed by atoms with van der Waals surface area (Å²) in [4.78, 5) is 10.5. The molecule has 0 atom stereocenters. The van der Waals surface area contributed by atoms with Crippen LogP contribution in [-0.4, -0.2) is 51.2 Å². The van der Waals surface area contributed by atoms with Crippen LogP contribution in [0.5, 0.6) is 5.75 Å². The summed E-state index contributed by atoms with van der Waals surface area (Å²) in [6, 6.07) is 12.5. The van der Waals surface area contributed by atoms with Crippen molar-refractivity contribution in [2.45, 2.75) is 6.54 Å². The number of piperazine rings is 1. The van der Waals surface area contributed by atoms with Crippen molar-refractivity contribution in [3.05, 3.63) is 46.7 Å². The van der Waals surface area contributed by atoms with Crippen molar-refractivity contribution >= 4 is 23.0 Å². The first-order valence-corrected chi connectivity index (χ1v) is 9.05. The molecule has 1 aliphatic heterocycles. The number of hydrogen-bond acceptors (Lipinski definition) is 4. The van der Waals surface area contributed by atoms with E-state index < -0.39 is 0 Å². The number of nitrogens with one attached hydrogen (secondary N) is 1. The summed E-state index contributed by atoms with van der Waals surface area (Å²) in [5, 5.41) is 5.57. The number of anilines is 1. The average Bonchev–Trinajstić information content (AvgIpc) is 3.16. The number of methoxy groups -OCH3 is 1. The van der Waals surface area contributed by atoms with Gasteiger partial charge >= 0.3 is 0 Å². The lowest BCUT2D eigenvalue weighted by Crippen LogP contribution is -2.52. The van der Waals surface area contributed by atoms with Crippen LogP contribution in [-0.2, 0) is 6.54 Å². The quantitative estimate of drug-likeness (QED) is 0.684. The topological polar surface area (TPSA) is 40.1 Å². The third-order valence-corrected chi connectivity index (χ3v) is 5.09. The minimum absolute atomic E-state index is 0.834. The molecule has 128 valence electrons. The molecule has 1 saturated heterocycles. The number of hydrogen-bond donors (Lipinski definition) is 1. The van der Waals surface area contributed by atoms with Gasteiger partial charge in [-0.1, -0.05) is 12.1 Å². The minimum Gasteiger partial charge on any atom is -0.497 e. The Balaban J connectivity index is 1.55. The van der Waals surface area contributed by atoms with Crippen molar-refractivity contribution < 1.29 is 4.74 Å². The lowest BCUT2D eigenvalue weighted by Gasteiger charge is -2.37. The third kappa shape index (κ3) is 4.00. The predicted octanol–water partition coefficient (Wildman–Crippen LogP) is 2.65. The molecule has 24 heavy (non-hydrogen) atoms. The second-order valence-electron chi connectivity index (χ2n) is 5.66. The summed E-state index contributed by atoms with van der Waals surface area (Å²) < 4.78 is 5.32. The summed E-state index contributed by atoms with van der Waals surface area (Å²) in [6.45, 7) is 4.71. The molecule has 1 aromatic heterocycles. The fourth-order valence-corrected chi connectivity index (χ4v) is 3.54. The van der Waals surface area contributed by atoms with Crippen LogP contribution < -0.4 is 15.0 Å². The zero-order valence-electron chi connectivity index (χ0n) is 14.2. The highest BCUT2D eigenvalue weighted by Gasteiger charge is 2.20. The summed E-state index contributed by atoms with van der Waals surface area (Å²) in [6.07, 6.45) is 0. The normalized spacial score (nSPS) is 15.5. The molecule has 0 spiro atoms. The van der Waals surface area contributed by atoms with E-state index >= 15 is 0 Å². The number of rotatable bonds is 4. The van der Waals surface area contributed by atoms with Crippen LogP contribution in [0.3, 0.4) is 0 Å². The molecule has 0 aliphatic carbocycles. The number of nitrogens with zero attached hydrogens (tertiary/aromatic N) is 3. The largest absolute Gasteiger partial charge is 0.497 e. The highest BCUT2D eigenvalue weighted by atomic mass is 32.1. The van der Waals surface area contributed by atoms with Crippen molar-refractivity contribution in [3.63, 3.8) is 0 Å². The van der Waals surface area contributed by atoms with E-state index in [1.807, 2.05) is 19.2 Å². The zero-order chi connectivity index (χ0) is 16.8. The molecule has 1 fully saturated rings. The second-order valence-corrected chi connectivity index (χ2v) is 6.69. The van der Waals surface area contributed by atoms with Crippen molar-refractivity contribution in [2.75, 3.05) is 45.2 Å². The Hall–Kier alpha value is -2.21. The molecule has 0 unspecified atom stereocenters. The summed E-state index contributed by atoms with van der Waals surface area (Å²) >= 11 is 1.77. The Morgan fingerprint density at radius 3 is 2.71 bits per heavy atom. The first kappa shape index (κ1) is 16.6. The smallest absolute Gasteiger partial charge is 0.194 e. The molecule has 3 rings (SSSR count). The Labute approximate surface area is 147 Å². The Bertz CT molecular complexity index is 663. The third-order valence-electron chi connectivity index (χ3n) is 4.21. The van der Waals surface area contributed by atoms with E-state index in [0.29, 0.717) is 0 Å². The van der Waals surface area contributed by atoms with E-state index in [4.69, 9.17) is 4.74 Å². The molecule has 0 amide bonds. The first-order chi connectivity index (χ1) is 11.8. The molecule has 1 aliphatic rings. The second kappa shape index (κ2) is 8.06. The molecule has 1 N–H and O–H groups in total. The highest BCUT2D eigenvalue weighted by Crippen LogP contribution is 2.22. The number of guanidine groups is 1. The molecule has 2 heterocycles. The number of aliphatic imine (C=N–C) groups is 1. The van der Waals surface area contributed by atoms with E-state index in [0.717, 1.165) is 44.4 Å². The maximum Gasteiger partial charge on any atom is 0.194 e. The van der Waals surface area contributed by atoms with Crippen LogP contribution in [0.15, 0.2) is 46.8 Å². The van der Waals surface area contributed by atoms with Crippen LogP contribution in [0.1, 0.15) is 4.88 Å². The van der Waals surface area contributed by atoms with Crippen LogP contribution in [0.25, 0.3) is 0 Å². The number of ether oxygens (including phenoxy) is 1. The van der Waals surface area contributed by atoms with Gasteiger partial charge in [0.25, 0.3) is 0 Å². The molecular formula is C18H24N4OS. The van der Waals surface area contributed by atoms with E-state index in [1.54, 1.807) is 18.4 Å². The highest BCUT2D eigenvalue weighted by molar-refractivity contribution is 7.09. The fourth-order valence-electron chi connectivity index (χ4n) is 2.90. The van der Waals surface area contributed by atoms with Crippen molar-refractivity contribution in [3.8, 4) is 5.75 Å². The van der Waals surface area contributed by atoms with Crippen LogP contribution in [0, 0.1) is 0 Å². The molecule has 2 aromatic rings. The van der Waals surface area contributed by atoms with Gasteiger partial charge in [-0.05, 0) is 23.6 Å². The summed E-state index contributed by atoms with van der Waals surface area (Å²) in [5.74, 6) is 1.89. The van der Waals surface area contributed by atoms with Crippen LogP contribution >= 0.6 is 11.3 Å². The van der Waals surface area contributed by atoms with Gasteiger partial charge < -0.3 is 19.9 Å². The maximum absolute atomic E-state index is 5.32. The predicted molar refractivity (Wildman–Crippen MR) is 101 cm³/mol. The van der Waals surface area contributed by atoms with E-state index in [1.165, 1.54) is 10.6 Å². The molecule has 1 aromatic carbocycles. The zero-order valence-corrected chi connectivity index (χ0v) is 15.1. The maximum atomic E-state index is 5.32. The molecule has 0 bridgehead atoms. The molecule has 5 nitrogen and oxygen atoms in total.